The number of nitrogens with zero attached hydrogens (tertiary/aromatic N) is 3. The molecule has 1 aromatic heterocycles. The van der Waals surface area contributed by atoms with E-state index in [1.165, 1.54) is 5.56 Å². The molecule has 24 heavy (non-hydrogen) atoms. The number of rotatable bonds is 2. The molecule has 3 aromatic rings. The van der Waals surface area contributed by atoms with Gasteiger partial charge in [-0.2, -0.15) is 10.4 Å². The number of hydrogen-bond acceptors (Lipinski definition) is 2. The van der Waals surface area contributed by atoms with Crippen molar-refractivity contribution in [3.63, 3.8) is 0 Å². The second-order valence-electron chi connectivity index (χ2n) is 7.10. The smallest absolute Gasteiger partial charge is 0.163 e. The second kappa shape index (κ2) is 5.98. The summed E-state index contributed by atoms with van der Waals surface area (Å²) in [5.74, 6) is 0. The maximum Gasteiger partial charge on any atom is 0.163 e. The molecule has 0 aliphatic rings. The van der Waals surface area contributed by atoms with E-state index in [1.807, 2.05) is 22.9 Å². The van der Waals surface area contributed by atoms with Crippen LogP contribution in [0.4, 0.5) is 0 Å². The zero-order chi connectivity index (χ0) is 17.3. The molecular formula is C21H21N3. The van der Waals surface area contributed by atoms with Gasteiger partial charge < -0.3 is 0 Å². The molecule has 0 aliphatic heterocycles. The van der Waals surface area contributed by atoms with E-state index in [1.54, 1.807) is 0 Å². The third kappa shape index (κ3) is 3.09. The molecule has 0 unspecified atom stereocenters. The highest BCUT2D eigenvalue weighted by Gasteiger charge is 2.15. The lowest BCUT2D eigenvalue weighted by molar-refractivity contribution is 0.590. The van der Waals surface area contributed by atoms with E-state index in [2.05, 4.69) is 75.3 Å². The van der Waals surface area contributed by atoms with E-state index in [-0.39, 0.29) is 5.41 Å². The topological polar surface area (TPSA) is 41.6 Å². The van der Waals surface area contributed by atoms with Gasteiger partial charge in [0.05, 0.1) is 11.4 Å². The molecule has 2 aromatic carbocycles. The first-order chi connectivity index (χ1) is 11.4. The average Bonchev–Trinajstić information content (AvgIpc) is 2.98. The van der Waals surface area contributed by atoms with Crippen molar-refractivity contribution in [2.24, 2.45) is 0 Å². The number of aromatic nitrogens is 2. The van der Waals surface area contributed by atoms with Crippen LogP contribution in [0, 0.1) is 18.3 Å². The Morgan fingerprint density at radius 3 is 2.29 bits per heavy atom. The molecule has 3 nitrogen and oxygen atoms in total. The molecule has 0 fully saturated rings. The molecule has 0 spiro atoms. The molecule has 0 saturated carbocycles. The fourth-order valence-corrected chi connectivity index (χ4v) is 2.74. The largest absolute Gasteiger partial charge is 0.232 e. The monoisotopic (exact) mass is 315 g/mol. The minimum Gasteiger partial charge on any atom is -0.232 e. The summed E-state index contributed by atoms with van der Waals surface area (Å²) in [6.45, 7) is 8.66. The van der Waals surface area contributed by atoms with Crippen LogP contribution in [-0.4, -0.2) is 9.78 Å². The standard InChI is InChI=1S/C21H21N3/c1-15-6-5-7-19(12-15)24-20(13-18(14-22)23-24)16-8-10-17(11-9-16)21(2,3)4/h5-13H,1-4H3. The van der Waals surface area contributed by atoms with Crippen LogP contribution in [0.15, 0.2) is 54.6 Å². The fraction of sp³-hybridized carbons (Fsp3) is 0.238. The van der Waals surface area contributed by atoms with Gasteiger partial charge in [-0.3, -0.25) is 0 Å². The van der Waals surface area contributed by atoms with Gasteiger partial charge in [0.25, 0.3) is 0 Å². The van der Waals surface area contributed by atoms with Crippen LogP contribution in [-0.2, 0) is 5.41 Å². The van der Waals surface area contributed by atoms with Crippen molar-refractivity contribution in [1.82, 2.24) is 9.78 Å². The lowest BCUT2D eigenvalue weighted by Crippen LogP contribution is -2.10. The quantitative estimate of drug-likeness (QED) is 0.666. The Bertz CT molecular complexity index is 903. The van der Waals surface area contributed by atoms with Crippen molar-refractivity contribution in [2.45, 2.75) is 33.1 Å². The van der Waals surface area contributed by atoms with Crippen LogP contribution < -0.4 is 0 Å². The zero-order valence-corrected chi connectivity index (χ0v) is 14.5. The molecule has 0 atom stereocenters. The number of hydrogen-bond donors (Lipinski definition) is 0. The second-order valence-corrected chi connectivity index (χ2v) is 7.10. The van der Waals surface area contributed by atoms with Gasteiger partial charge in [0.15, 0.2) is 5.69 Å². The molecule has 0 N–H and O–H groups in total. The summed E-state index contributed by atoms with van der Waals surface area (Å²) in [6.07, 6.45) is 0. The van der Waals surface area contributed by atoms with Gasteiger partial charge in [-0.25, -0.2) is 4.68 Å². The van der Waals surface area contributed by atoms with Crippen LogP contribution in [0.2, 0.25) is 0 Å². The number of benzene rings is 2. The minimum atomic E-state index is 0.118. The summed E-state index contributed by atoms with van der Waals surface area (Å²) in [6, 6.07) is 20.6. The van der Waals surface area contributed by atoms with Crippen molar-refractivity contribution in [1.29, 1.82) is 5.26 Å². The van der Waals surface area contributed by atoms with E-state index < -0.39 is 0 Å². The summed E-state index contributed by atoms with van der Waals surface area (Å²) < 4.78 is 1.84. The molecule has 0 radical (unpaired) electrons. The van der Waals surface area contributed by atoms with Gasteiger partial charge in [-0.15, -0.1) is 0 Å². The summed E-state index contributed by atoms with van der Waals surface area (Å²) in [5.41, 5.74) is 5.94. The lowest BCUT2D eigenvalue weighted by Gasteiger charge is -2.19. The molecule has 120 valence electrons. The summed E-state index contributed by atoms with van der Waals surface area (Å²) >= 11 is 0. The Morgan fingerprint density at radius 2 is 1.71 bits per heavy atom. The van der Waals surface area contributed by atoms with Crippen LogP contribution in [0.25, 0.3) is 16.9 Å². The van der Waals surface area contributed by atoms with Crippen molar-refractivity contribution in [2.75, 3.05) is 0 Å². The first-order valence-corrected chi connectivity index (χ1v) is 8.06. The van der Waals surface area contributed by atoms with E-state index >= 15 is 0 Å². The van der Waals surface area contributed by atoms with Crippen LogP contribution >= 0.6 is 0 Å². The lowest BCUT2D eigenvalue weighted by atomic mass is 9.86. The molecule has 0 saturated heterocycles. The molecule has 0 bridgehead atoms. The Morgan fingerprint density at radius 1 is 1.00 bits per heavy atom. The van der Waals surface area contributed by atoms with Gasteiger partial charge in [0.1, 0.15) is 6.07 Å². The van der Waals surface area contributed by atoms with E-state index in [0.29, 0.717) is 5.69 Å². The van der Waals surface area contributed by atoms with Crippen molar-refractivity contribution >= 4 is 0 Å². The van der Waals surface area contributed by atoms with Gasteiger partial charge >= 0.3 is 0 Å². The normalized spacial score (nSPS) is 11.3. The van der Waals surface area contributed by atoms with E-state index in [0.717, 1.165) is 22.5 Å². The van der Waals surface area contributed by atoms with Gasteiger partial charge in [0, 0.05) is 11.6 Å². The summed E-state index contributed by atoms with van der Waals surface area (Å²) in [4.78, 5) is 0. The predicted octanol–water partition coefficient (Wildman–Crippen LogP) is 5.02. The highest BCUT2D eigenvalue weighted by atomic mass is 15.3. The van der Waals surface area contributed by atoms with Crippen LogP contribution in [0.1, 0.15) is 37.6 Å². The minimum absolute atomic E-state index is 0.118. The van der Waals surface area contributed by atoms with Gasteiger partial charge in [-0.05, 0) is 35.6 Å². The average molecular weight is 315 g/mol. The Kier molecular flexibility index (Phi) is 3.99. The Balaban J connectivity index is 2.11. The van der Waals surface area contributed by atoms with E-state index in [9.17, 15) is 5.26 Å². The Labute approximate surface area is 143 Å². The molecule has 3 rings (SSSR count). The molecular weight excluding hydrogens is 294 g/mol. The highest BCUT2D eigenvalue weighted by molar-refractivity contribution is 5.64. The maximum atomic E-state index is 9.25. The van der Waals surface area contributed by atoms with Crippen molar-refractivity contribution in [3.05, 3.63) is 71.4 Å². The number of aryl methyl sites for hydroxylation is 1. The highest BCUT2D eigenvalue weighted by Crippen LogP contribution is 2.28. The predicted molar refractivity (Wildman–Crippen MR) is 97.2 cm³/mol. The summed E-state index contributed by atoms with van der Waals surface area (Å²) in [5, 5.41) is 13.7. The first kappa shape index (κ1) is 16.0. The van der Waals surface area contributed by atoms with Gasteiger partial charge in [-0.1, -0.05) is 57.2 Å². The molecule has 0 amide bonds. The third-order valence-corrected chi connectivity index (χ3v) is 4.12. The zero-order valence-electron chi connectivity index (χ0n) is 14.5. The molecule has 3 heteroatoms. The SMILES string of the molecule is Cc1cccc(-n2nc(C#N)cc2-c2ccc(C(C)(C)C)cc2)c1. The van der Waals surface area contributed by atoms with Crippen molar-refractivity contribution < 1.29 is 0 Å². The Hall–Kier alpha value is -2.86. The van der Waals surface area contributed by atoms with Crippen molar-refractivity contribution in [3.8, 4) is 23.0 Å². The first-order valence-electron chi connectivity index (χ1n) is 8.06. The summed E-state index contributed by atoms with van der Waals surface area (Å²) in [7, 11) is 0. The fourth-order valence-electron chi connectivity index (χ4n) is 2.74. The number of nitriles is 1. The maximum absolute atomic E-state index is 9.25. The van der Waals surface area contributed by atoms with Crippen LogP contribution in [0.5, 0.6) is 0 Å². The third-order valence-electron chi connectivity index (χ3n) is 4.12. The molecule has 1 heterocycles. The van der Waals surface area contributed by atoms with E-state index in [4.69, 9.17) is 0 Å². The van der Waals surface area contributed by atoms with Gasteiger partial charge in [0.2, 0.25) is 0 Å². The molecule has 0 aliphatic carbocycles. The van der Waals surface area contributed by atoms with Crippen LogP contribution in [0.3, 0.4) is 0 Å².